The molecule has 0 fully saturated rings. The molecule has 3 rings (SSSR count). The highest BCUT2D eigenvalue weighted by molar-refractivity contribution is 5.93. The van der Waals surface area contributed by atoms with E-state index in [-0.39, 0.29) is 5.91 Å². The first kappa shape index (κ1) is 13.2. The van der Waals surface area contributed by atoms with Crippen LogP contribution >= 0.6 is 0 Å². The van der Waals surface area contributed by atoms with Gasteiger partial charge in [0.25, 0.3) is 0 Å². The number of nitrogens with zero attached hydrogens (tertiary/aromatic N) is 1. The molecule has 0 radical (unpaired) electrons. The van der Waals surface area contributed by atoms with Crippen LogP contribution in [0.1, 0.15) is 44.1 Å². The molecule has 2 heterocycles. The molecule has 4 heteroatoms. The van der Waals surface area contributed by atoms with Crippen molar-refractivity contribution in [1.29, 1.82) is 0 Å². The number of rotatable bonds is 1. The third-order valence-corrected chi connectivity index (χ3v) is 4.16. The Morgan fingerprint density at radius 2 is 2.15 bits per heavy atom. The molecular weight excluding hydrogens is 252 g/mol. The Bertz CT molecular complexity index is 674. The lowest BCUT2D eigenvalue weighted by atomic mass is 9.92. The highest BCUT2D eigenvalue weighted by atomic mass is 16.3. The summed E-state index contributed by atoms with van der Waals surface area (Å²) in [5, 5.41) is 3.95. The zero-order valence-electron chi connectivity index (χ0n) is 12.4. The monoisotopic (exact) mass is 272 g/mol. The number of anilines is 1. The van der Waals surface area contributed by atoms with Gasteiger partial charge in [0.1, 0.15) is 11.3 Å². The van der Waals surface area contributed by atoms with E-state index < -0.39 is 0 Å². The van der Waals surface area contributed by atoms with Crippen molar-refractivity contribution < 1.29 is 9.21 Å². The minimum Gasteiger partial charge on any atom is -0.460 e. The van der Waals surface area contributed by atoms with Crippen LogP contribution in [0.25, 0.3) is 11.0 Å². The second-order valence-corrected chi connectivity index (χ2v) is 5.79. The maximum absolute atomic E-state index is 11.2. The lowest BCUT2D eigenvalue weighted by molar-refractivity contribution is -0.114. The van der Waals surface area contributed by atoms with Crippen LogP contribution in [0.4, 0.5) is 5.69 Å². The molecule has 106 valence electrons. The summed E-state index contributed by atoms with van der Waals surface area (Å²) in [6.45, 7) is 6.92. The summed E-state index contributed by atoms with van der Waals surface area (Å²) in [4.78, 5) is 13.5. The summed E-state index contributed by atoms with van der Waals surface area (Å²) < 4.78 is 6.04. The molecule has 0 bridgehead atoms. The van der Waals surface area contributed by atoms with Gasteiger partial charge in [0, 0.05) is 42.1 Å². The third-order valence-electron chi connectivity index (χ3n) is 4.16. The largest absolute Gasteiger partial charge is 0.460 e. The van der Waals surface area contributed by atoms with Gasteiger partial charge in [-0.2, -0.15) is 0 Å². The predicted molar refractivity (Wildman–Crippen MR) is 80.0 cm³/mol. The number of fused-ring (bicyclic) bond motifs is 3. The normalized spacial score (nSPS) is 22.8. The number of hydrogen-bond donors (Lipinski definition) is 1. The van der Waals surface area contributed by atoms with Crippen LogP contribution in [-0.4, -0.2) is 24.4 Å². The van der Waals surface area contributed by atoms with Crippen LogP contribution in [0, 0.1) is 0 Å². The van der Waals surface area contributed by atoms with Gasteiger partial charge in [0.05, 0.1) is 0 Å². The van der Waals surface area contributed by atoms with Crippen molar-refractivity contribution in [2.75, 3.05) is 18.9 Å². The van der Waals surface area contributed by atoms with Gasteiger partial charge in [-0.25, -0.2) is 0 Å². The second kappa shape index (κ2) is 4.63. The number of carbonyl (C=O) groups excluding carboxylic acids is 1. The number of likely N-dealkylation sites (N-methyl/N-ethyl adjacent to an activating group) is 1. The fourth-order valence-electron chi connectivity index (χ4n) is 3.11. The molecule has 2 atom stereocenters. The molecule has 1 aromatic carbocycles. The van der Waals surface area contributed by atoms with Gasteiger partial charge in [-0.3, -0.25) is 9.69 Å². The van der Waals surface area contributed by atoms with Crippen LogP contribution in [0.2, 0.25) is 0 Å². The van der Waals surface area contributed by atoms with E-state index >= 15 is 0 Å². The highest BCUT2D eigenvalue weighted by Gasteiger charge is 2.31. The van der Waals surface area contributed by atoms with Gasteiger partial charge in [0.15, 0.2) is 0 Å². The van der Waals surface area contributed by atoms with Gasteiger partial charge < -0.3 is 9.73 Å². The number of furan rings is 1. The van der Waals surface area contributed by atoms with Crippen LogP contribution in [-0.2, 0) is 4.79 Å². The second-order valence-electron chi connectivity index (χ2n) is 5.79. The van der Waals surface area contributed by atoms with E-state index in [0.29, 0.717) is 12.0 Å². The summed E-state index contributed by atoms with van der Waals surface area (Å²) in [7, 11) is 2.14. The van der Waals surface area contributed by atoms with Crippen molar-refractivity contribution in [2.24, 2.45) is 0 Å². The lowest BCUT2D eigenvalue weighted by Gasteiger charge is -2.33. The van der Waals surface area contributed by atoms with E-state index in [0.717, 1.165) is 29.0 Å². The van der Waals surface area contributed by atoms with Crippen LogP contribution < -0.4 is 5.32 Å². The molecule has 0 saturated heterocycles. The summed E-state index contributed by atoms with van der Waals surface area (Å²) in [6.07, 6.45) is 0. The summed E-state index contributed by atoms with van der Waals surface area (Å²) in [5.74, 6) is 1.42. The van der Waals surface area contributed by atoms with Gasteiger partial charge in [-0.15, -0.1) is 0 Å². The standard InChI is InChI=1S/C16H20N2O2/c1-9-8-18(4)10(2)15-13-7-12(17-11(3)19)5-6-14(13)20-16(9)15/h5-7,9-10H,8H2,1-4H3,(H,17,19). The molecule has 1 aromatic heterocycles. The van der Waals surface area contributed by atoms with Crippen molar-refractivity contribution in [3.63, 3.8) is 0 Å². The number of benzene rings is 1. The molecule has 1 N–H and O–H groups in total. The van der Waals surface area contributed by atoms with Gasteiger partial charge in [-0.05, 0) is 32.2 Å². The molecule has 1 aliphatic rings. The summed E-state index contributed by atoms with van der Waals surface area (Å²) in [6, 6.07) is 6.17. The van der Waals surface area contributed by atoms with E-state index in [9.17, 15) is 4.79 Å². The van der Waals surface area contributed by atoms with E-state index in [1.54, 1.807) is 0 Å². The van der Waals surface area contributed by atoms with Crippen LogP contribution in [0.5, 0.6) is 0 Å². The quantitative estimate of drug-likeness (QED) is 0.864. The zero-order chi connectivity index (χ0) is 14.4. The van der Waals surface area contributed by atoms with Crippen LogP contribution in [0.15, 0.2) is 22.6 Å². The topological polar surface area (TPSA) is 45.5 Å². The van der Waals surface area contributed by atoms with E-state index in [4.69, 9.17) is 4.42 Å². The number of nitrogens with one attached hydrogen (secondary N) is 1. The molecule has 1 amide bonds. The molecule has 0 aliphatic carbocycles. The number of carbonyl (C=O) groups is 1. The Morgan fingerprint density at radius 1 is 1.40 bits per heavy atom. The Morgan fingerprint density at radius 3 is 2.85 bits per heavy atom. The average Bonchev–Trinajstić information content (AvgIpc) is 2.74. The average molecular weight is 272 g/mol. The molecule has 2 aromatic rings. The van der Waals surface area contributed by atoms with Gasteiger partial charge >= 0.3 is 0 Å². The summed E-state index contributed by atoms with van der Waals surface area (Å²) >= 11 is 0. The first-order chi connectivity index (χ1) is 9.47. The first-order valence-electron chi connectivity index (χ1n) is 7.01. The van der Waals surface area contributed by atoms with E-state index in [1.165, 1.54) is 12.5 Å². The first-order valence-corrected chi connectivity index (χ1v) is 7.01. The van der Waals surface area contributed by atoms with E-state index in [2.05, 4.69) is 31.1 Å². The smallest absolute Gasteiger partial charge is 0.221 e. The van der Waals surface area contributed by atoms with Crippen molar-refractivity contribution in [1.82, 2.24) is 4.90 Å². The Kier molecular flexibility index (Phi) is 3.05. The minimum absolute atomic E-state index is 0.0553. The SMILES string of the molecule is CC(=O)Nc1ccc2oc3c(c2c1)C(C)N(C)CC3C. The third kappa shape index (κ3) is 2.00. The fourth-order valence-corrected chi connectivity index (χ4v) is 3.11. The molecule has 20 heavy (non-hydrogen) atoms. The molecule has 0 spiro atoms. The molecular formula is C16H20N2O2. The molecule has 4 nitrogen and oxygen atoms in total. The predicted octanol–water partition coefficient (Wildman–Crippen LogP) is 3.50. The molecule has 1 aliphatic heterocycles. The maximum Gasteiger partial charge on any atom is 0.221 e. The van der Waals surface area contributed by atoms with Crippen molar-refractivity contribution >= 4 is 22.6 Å². The van der Waals surface area contributed by atoms with Gasteiger partial charge in [-0.1, -0.05) is 6.92 Å². The highest BCUT2D eigenvalue weighted by Crippen LogP contribution is 2.42. The Balaban J connectivity index is 2.17. The number of hydrogen-bond acceptors (Lipinski definition) is 3. The van der Waals surface area contributed by atoms with Crippen molar-refractivity contribution in [3.05, 3.63) is 29.5 Å². The Hall–Kier alpha value is -1.81. The van der Waals surface area contributed by atoms with Crippen molar-refractivity contribution in [2.45, 2.75) is 32.7 Å². The van der Waals surface area contributed by atoms with Crippen LogP contribution in [0.3, 0.4) is 0 Å². The Labute approximate surface area is 118 Å². The minimum atomic E-state index is -0.0553. The maximum atomic E-state index is 11.2. The van der Waals surface area contributed by atoms with Gasteiger partial charge in [0.2, 0.25) is 5.91 Å². The zero-order valence-corrected chi connectivity index (χ0v) is 12.4. The fraction of sp³-hybridized carbons (Fsp3) is 0.438. The number of amides is 1. The molecule has 0 saturated carbocycles. The lowest BCUT2D eigenvalue weighted by Crippen LogP contribution is -2.31. The van der Waals surface area contributed by atoms with Crippen molar-refractivity contribution in [3.8, 4) is 0 Å². The molecule has 2 unspecified atom stereocenters. The van der Waals surface area contributed by atoms with E-state index in [1.807, 2.05) is 18.2 Å². The summed E-state index contributed by atoms with van der Waals surface area (Å²) in [5.41, 5.74) is 2.98.